The molecule has 1 rings (SSSR count). The molecule has 1 aromatic rings. The van der Waals surface area contributed by atoms with Crippen LogP contribution >= 0.6 is 0 Å². The molecule has 0 saturated heterocycles. The first kappa shape index (κ1) is 27.0. The molecule has 0 radical (unpaired) electrons. The molecular formula is C20H35N3O7Si. The number of alkyl carbamates (subject to hydrolysis) is 1. The van der Waals surface area contributed by atoms with Gasteiger partial charge in [0, 0.05) is 44.6 Å². The van der Waals surface area contributed by atoms with Crippen LogP contribution in [0.25, 0.3) is 0 Å². The number of benzene rings is 1. The standard InChI is InChI=1S/C20H35N3O7Si/c1-4-28-31(29-5-2,30-6-3)17-7-12-21-20(25)27-16-14-23(13-15-24)19-10-8-18(22-26)9-11-19/h8-11,24H,4-7,12-17H2,1-3H3,(H,21,25). The topological polar surface area (TPSA) is 119 Å². The predicted molar refractivity (Wildman–Crippen MR) is 121 cm³/mol. The highest BCUT2D eigenvalue weighted by molar-refractivity contribution is 6.60. The van der Waals surface area contributed by atoms with Gasteiger partial charge in [0.25, 0.3) is 0 Å². The Labute approximate surface area is 185 Å². The molecule has 0 heterocycles. The van der Waals surface area contributed by atoms with E-state index in [1.807, 2.05) is 25.7 Å². The van der Waals surface area contributed by atoms with Gasteiger partial charge in [0.05, 0.1) is 13.2 Å². The number of ether oxygens (including phenoxy) is 1. The third-order valence-corrected chi connectivity index (χ3v) is 7.46. The number of aliphatic hydroxyl groups is 1. The van der Waals surface area contributed by atoms with E-state index >= 15 is 0 Å². The van der Waals surface area contributed by atoms with E-state index in [2.05, 4.69) is 10.5 Å². The Bertz CT molecular complexity index is 617. The van der Waals surface area contributed by atoms with Crippen LogP contribution in [-0.2, 0) is 18.0 Å². The number of nitroso groups, excluding NO2 is 1. The fourth-order valence-electron chi connectivity index (χ4n) is 3.01. The van der Waals surface area contributed by atoms with Gasteiger partial charge in [-0.2, -0.15) is 0 Å². The van der Waals surface area contributed by atoms with Crippen molar-refractivity contribution in [3.8, 4) is 0 Å². The number of nitrogens with zero attached hydrogens (tertiary/aromatic N) is 2. The third-order valence-electron chi connectivity index (χ3n) is 4.31. The minimum atomic E-state index is -2.71. The Balaban J connectivity index is 2.39. The summed E-state index contributed by atoms with van der Waals surface area (Å²) in [6.45, 7) is 8.55. The smallest absolute Gasteiger partial charge is 0.448 e. The van der Waals surface area contributed by atoms with E-state index in [1.165, 1.54) is 0 Å². The number of hydrogen-bond acceptors (Lipinski definition) is 9. The summed E-state index contributed by atoms with van der Waals surface area (Å²) in [4.78, 5) is 24.4. The number of nitrogens with one attached hydrogen (secondary N) is 1. The molecule has 0 aliphatic carbocycles. The first-order valence-corrected chi connectivity index (χ1v) is 12.6. The molecule has 0 aromatic heterocycles. The fraction of sp³-hybridized carbons (Fsp3) is 0.650. The SMILES string of the molecule is CCO[Si](CCCNC(=O)OCCN(CCO)c1ccc(N=O)cc1)(OCC)OCC. The van der Waals surface area contributed by atoms with Crippen molar-refractivity contribution in [2.24, 2.45) is 5.18 Å². The monoisotopic (exact) mass is 457 g/mol. The van der Waals surface area contributed by atoms with E-state index < -0.39 is 14.9 Å². The Morgan fingerprint density at radius 3 is 2.19 bits per heavy atom. The Morgan fingerprint density at radius 2 is 1.68 bits per heavy atom. The van der Waals surface area contributed by atoms with E-state index in [4.69, 9.17) is 18.0 Å². The first-order chi connectivity index (χ1) is 15.0. The normalized spacial score (nSPS) is 11.2. The second-order valence-electron chi connectivity index (χ2n) is 6.47. The zero-order valence-electron chi connectivity index (χ0n) is 18.7. The summed E-state index contributed by atoms with van der Waals surface area (Å²) >= 11 is 0. The van der Waals surface area contributed by atoms with Crippen molar-refractivity contribution in [1.82, 2.24) is 5.32 Å². The van der Waals surface area contributed by atoms with Gasteiger partial charge in [-0.3, -0.25) is 0 Å². The van der Waals surface area contributed by atoms with Gasteiger partial charge in [-0.05, 0) is 56.6 Å². The molecule has 0 atom stereocenters. The molecule has 0 aliphatic heterocycles. The number of hydrogen-bond donors (Lipinski definition) is 2. The Morgan fingerprint density at radius 1 is 1.06 bits per heavy atom. The first-order valence-electron chi connectivity index (χ1n) is 10.7. The largest absolute Gasteiger partial charge is 0.500 e. The number of carbonyl (C=O) groups excluding carboxylic acids is 1. The minimum absolute atomic E-state index is 0.0506. The molecule has 2 N–H and O–H groups in total. The van der Waals surface area contributed by atoms with Crippen molar-refractivity contribution >= 4 is 26.3 Å². The average Bonchev–Trinajstić information content (AvgIpc) is 2.77. The third kappa shape index (κ3) is 10.2. The number of aliphatic hydroxyl groups excluding tert-OH is 1. The van der Waals surface area contributed by atoms with Crippen LogP contribution in [0.3, 0.4) is 0 Å². The molecule has 176 valence electrons. The summed E-state index contributed by atoms with van der Waals surface area (Å²) in [7, 11) is -2.71. The number of rotatable bonds is 17. The molecule has 0 aliphatic rings. The van der Waals surface area contributed by atoms with E-state index in [9.17, 15) is 14.8 Å². The quantitative estimate of drug-likeness (QED) is 0.208. The lowest BCUT2D eigenvalue weighted by Gasteiger charge is -2.28. The molecule has 10 nitrogen and oxygen atoms in total. The van der Waals surface area contributed by atoms with Gasteiger partial charge < -0.3 is 33.3 Å². The summed E-state index contributed by atoms with van der Waals surface area (Å²) in [6, 6.07) is 7.26. The highest BCUT2D eigenvalue weighted by atomic mass is 28.4. The van der Waals surface area contributed by atoms with Crippen LogP contribution in [0.15, 0.2) is 29.4 Å². The highest BCUT2D eigenvalue weighted by Crippen LogP contribution is 2.19. The van der Waals surface area contributed by atoms with Crippen LogP contribution in [0.2, 0.25) is 6.04 Å². The second-order valence-corrected chi connectivity index (χ2v) is 9.20. The van der Waals surface area contributed by atoms with E-state index in [0.717, 1.165) is 5.69 Å². The summed E-state index contributed by atoms with van der Waals surface area (Å²) in [5.41, 5.74) is 1.13. The summed E-state index contributed by atoms with van der Waals surface area (Å²) in [5, 5.41) is 14.9. The van der Waals surface area contributed by atoms with Gasteiger partial charge >= 0.3 is 14.9 Å². The highest BCUT2D eigenvalue weighted by Gasteiger charge is 2.39. The van der Waals surface area contributed by atoms with E-state index in [-0.39, 0.29) is 13.2 Å². The fourth-order valence-corrected chi connectivity index (χ4v) is 5.62. The van der Waals surface area contributed by atoms with Crippen LogP contribution in [0.1, 0.15) is 27.2 Å². The van der Waals surface area contributed by atoms with Crippen molar-refractivity contribution in [2.45, 2.75) is 33.2 Å². The van der Waals surface area contributed by atoms with Crippen LogP contribution in [0.5, 0.6) is 0 Å². The zero-order valence-corrected chi connectivity index (χ0v) is 19.7. The molecule has 0 unspecified atom stereocenters. The molecule has 1 amide bonds. The number of carbonyl (C=O) groups is 1. The number of anilines is 1. The lowest BCUT2D eigenvalue weighted by Crippen LogP contribution is -2.46. The van der Waals surface area contributed by atoms with Gasteiger partial charge in [0.1, 0.15) is 12.3 Å². The summed E-state index contributed by atoms with van der Waals surface area (Å²) in [5.74, 6) is 0. The predicted octanol–water partition coefficient (Wildman–Crippen LogP) is 3.05. The molecular weight excluding hydrogens is 422 g/mol. The Hall–Kier alpha value is -2.05. The molecule has 0 fully saturated rings. The minimum Gasteiger partial charge on any atom is -0.448 e. The van der Waals surface area contributed by atoms with Crippen molar-refractivity contribution in [3.63, 3.8) is 0 Å². The molecule has 1 aromatic carbocycles. The lowest BCUT2D eigenvalue weighted by molar-refractivity contribution is 0.0706. The number of amides is 1. The lowest BCUT2D eigenvalue weighted by atomic mass is 10.2. The maximum absolute atomic E-state index is 12.0. The molecule has 11 heteroatoms. The summed E-state index contributed by atoms with van der Waals surface area (Å²) < 4.78 is 22.6. The maximum Gasteiger partial charge on any atom is 0.500 e. The van der Waals surface area contributed by atoms with Crippen molar-refractivity contribution in [3.05, 3.63) is 29.2 Å². The van der Waals surface area contributed by atoms with E-state index in [1.54, 1.807) is 24.3 Å². The second kappa shape index (κ2) is 15.7. The summed E-state index contributed by atoms with van der Waals surface area (Å²) in [6.07, 6.45) is 0.135. The van der Waals surface area contributed by atoms with Crippen LogP contribution in [0, 0.1) is 4.91 Å². The Kier molecular flexibility index (Phi) is 13.7. The molecule has 0 spiro atoms. The zero-order chi connectivity index (χ0) is 23.0. The van der Waals surface area contributed by atoms with Crippen LogP contribution in [0.4, 0.5) is 16.2 Å². The molecule has 0 bridgehead atoms. The van der Waals surface area contributed by atoms with Crippen molar-refractivity contribution in [2.75, 3.05) is 57.6 Å². The van der Waals surface area contributed by atoms with Gasteiger partial charge in [-0.1, -0.05) is 0 Å². The van der Waals surface area contributed by atoms with Crippen molar-refractivity contribution < 1.29 is 27.9 Å². The van der Waals surface area contributed by atoms with Gasteiger partial charge in [0.15, 0.2) is 0 Å². The van der Waals surface area contributed by atoms with E-state index in [0.29, 0.717) is 57.6 Å². The molecule has 31 heavy (non-hydrogen) atoms. The van der Waals surface area contributed by atoms with Crippen molar-refractivity contribution in [1.29, 1.82) is 0 Å². The van der Waals surface area contributed by atoms with Crippen LogP contribution < -0.4 is 10.2 Å². The average molecular weight is 458 g/mol. The van der Waals surface area contributed by atoms with Gasteiger partial charge in [-0.15, -0.1) is 4.91 Å². The van der Waals surface area contributed by atoms with Gasteiger partial charge in [-0.25, -0.2) is 4.79 Å². The maximum atomic E-state index is 12.0. The van der Waals surface area contributed by atoms with Gasteiger partial charge in [0.2, 0.25) is 0 Å². The molecule has 0 saturated carbocycles. The van der Waals surface area contributed by atoms with Crippen LogP contribution in [-0.4, -0.2) is 72.7 Å².